The van der Waals surface area contributed by atoms with Crippen LogP contribution in [0.5, 0.6) is 0 Å². The van der Waals surface area contributed by atoms with Crippen molar-refractivity contribution >= 4 is 22.6 Å². The van der Waals surface area contributed by atoms with E-state index in [1.807, 2.05) is 0 Å². The first-order valence-corrected chi connectivity index (χ1v) is 7.34. The van der Waals surface area contributed by atoms with E-state index in [1.165, 1.54) is 15.6 Å². The van der Waals surface area contributed by atoms with Gasteiger partial charge in [-0.25, -0.2) is 0 Å². The molecular weight excluding hydrogens is 325 g/mol. The molecule has 0 radical (unpaired) electrons. The van der Waals surface area contributed by atoms with E-state index in [4.69, 9.17) is 4.74 Å². The Morgan fingerprint density at radius 1 is 1.29 bits per heavy atom. The van der Waals surface area contributed by atoms with Gasteiger partial charge in [0.1, 0.15) is 0 Å². The highest BCUT2D eigenvalue weighted by Gasteiger charge is 2.23. The fourth-order valence-electron chi connectivity index (χ4n) is 2.33. The lowest BCUT2D eigenvalue weighted by molar-refractivity contribution is 0.177. The molecule has 1 heterocycles. The van der Waals surface area contributed by atoms with Crippen LogP contribution in [-0.4, -0.2) is 19.3 Å². The van der Waals surface area contributed by atoms with Gasteiger partial charge in [-0.2, -0.15) is 0 Å². The summed E-state index contributed by atoms with van der Waals surface area (Å²) in [6.07, 6.45) is 1.19. The molecule has 1 aromatic rings. The summed E-state index contributed by atoms with van der Waals surface area (Å²) in [5.74, 6) is 0.668. The fourth-order valence-corrected chi connectivity index (χ4v) is 2.68. The maximum absolute atomic E-state index is 5.44. The van der Waals surface area contributed by atoms with Gasteiger partial charge in [0.05, 0.1) is 6.61 Å². The highest BCUT2D eigenvalue weighted by atomic mass is 127. The number of halogens is 1. The Labute approximate surface area is 117 Å². The van der Waals surface area contributed by atoms with Crippen LogP contribution in [0.1, 0.15) is 31.9 Å². The summed E-state index contributed by atoms with van der Waals surface area (Å²) < 4.78 is 6.73. The summed E-state index contributed by atoms with van der Waals surface area (Å²) in [6, 6.07) is 9.66. The summed E-state index contributed by atoms with van der Waals surface area (Å²) in [6.45, 7) is 6.33. The van der Waals surface area contributed by atoms with Gasteiger partial charge in [0.25, 0.3) is 0 Å². The molecule has 0 spiro atoms. The van der Waals surface area contributed by atoms with Gasteiger partial charge in [0, 0.05) is 22.3 Å². The Kier molecular flexibility index (Phi) is 4.82. The smallest absolute Gasteiger partial charge is 0.0509 e. The maximum Gasteiger partial charge on any atom is 0.0509 e. The molecule has 3 unspecified atom stereocenters. The maximum atomic E-state index is 5.44. The molecule has 1 saturated heterocycles. The largest absolute Gasteiger partial charge is 0.381 e. The molecule has 1 aliphatic rings. The van der Waals surface area contributed by atoms with Crippen LogP contribution in [0.15, 0.2) is 24.3 Å². The van der Waals surface area contributed by atoms with Crippen molar-refractivity contribution in [3.63, 3.8) is 0 Å². The normalized spacial score (nSPS) is 23.6. The molecule has 3 heteroatoms. The molecule has 0 aromatic heterocycles. The number of ether oxygens (including phenoxy) is 1. The zero-order valence-electron chi connectivity index (χ0n) is 10.4. The second-order valence-electron chi connectivity index (χ2n) is 4.85. The third-order valence-electron chi connectivity index (χ3n) is 3.55. The van der Waals surface area contributed by atoms with E-state index in [0.717, 1.165) is 13.2 Å². The molecular formula is C14H20INO. The Bertz CT molecular complexity index is 346. The Hall–Kier alpha value is -0.130. The minimum absolute atomic E-state index is 0.405. The van der Waals surface area contributed by atoms with Crippen molar-refractivity contribution in [3.05, 3.63) is 33.4 Å². The van der Waals surface area contributed by atoms with Gasteiger partial charge < -0.3 is 10.1 Å². The predicted molar refractivity (Wildman–Crippen MR) is 79.1 cm³/mol. The zero-order chi connectivity index (χ0) is 12.3. The number of hydrogen-bond acceptors (Lipinski definition) is 2. The lowest BCUT2D eigenvalue weighted by atomic mass is 9.98. The Balaban J connectivity index is 1.91. The second-order valence-corrected chi connectivity index (χ2v) is 6.10. The summed E-state index contributed by atoms with van der Waals surface area (Å²) in [7, 11) is 0. The lowest BCUT2D eigenvalue weighted by Gasteiger charge is -2.24. The highest BCUT2D eigenvalue weighted by molar-refractivity contribution is 14.1. The molecule has 94 valence electrons. The lowest BCUT2D eigenvalue weighted by Crippen LogP contribution is -2.35. The highest BCUT2D eigenvalue weighted by Crippen LogP contribution is 2.20. The van der Waals surface area contributed by atoms with Crippen molar-refractivity contribution < 1.29 is 4.74 Å². The van der Waals surface area contributed by atoms with Crippen LogP contribution in [0.2, 0.25) is 0 Å². The second kappa shape index (κ2) is 6.16. The third kappa shape index (κ3) is 3.66. The Morgan fingerprint density at radius 2 is 2.00 bits per heavy atom. The van der Waals surface area contributed by atoms with E-state index in [-0.39, 0.29) is 0 Å². The van der Waals surface area contributed by atoms with Crippen LogP contribution in [0, 0.1) is 9.49 Å². The first-order chi connectivity index (χ1) is 8.16. The van der Waals surface area contributed by atoms with E-state index in [9.17, 15) is 0 Å². The van der Waals surface area contributed by atoms with E-state index in [1.54, 1.807) is 0 Å². The van der Waals surface area contributed by atoms with E-state index < -0.39 is 0 Å². The fraction of sp³-hybridized carbons (Fsp3) is 0.571. The van der Waals surface area contributed by atoms with E-state index >= 15 is 0 Å². The molecule has 0 bridgehead atoms. The molecule has 1 N–H and O–H groups in total. The number of nitrogens with one attached hydrogen (secondary N) is 1. The van der Waals surface area contributed by atoms with Crippen LogP contribution in [0.3, 0.4) is 0 Å². The summed E-state index contributed by atoms with van der Waals surface area (Å²) in [4.78, 5) is 0. The first kappa shape index (κ1) is 13.3. The van der Waals surface area contributed by atoms with Crippen molar-refractivity contribution in [2.75, 3.05) is 13.2 Å². The molecule has 3 atom stereocenters. The molecule has 1 aromatic carbocycles. The molecule has 0 saturated carbocycles. The van der Waals surface area contributed by atoms with Crippen LogP contribution in [-0.2, 0) is 4.74 Å². The molecule has 1 aliphatic heterocycles. The van der Waals surface area contributed by atoms with Crippen molar-refractivity contribution in [2.45, 2.75) is 32.4 Å². The summed E-state index contributed by atoms with van der Waals surface area (Å²) in [5.41, 5.74) is 1.36. The molecule has 0 aliphatic carbocycles. The first-order valence-electron chi connectivity index (χ1n) is 6.26. The summed E-state index contributed by atoms with van der Waals surface area (Å²) >= 11 is 2.34. The zero-order valence-corrected chi connectivity index (χ0v) is 12.6. The SMILES string of the molecule is CC(NC(C)C1CCOC1)c1ccc(I)cc1. The van der Waals surface area contributed by atoms with Gasteiger partial charge in [-0.15, -0.1) is 0 Å². The predicted octanol–water partition coefficient (Wildman–Crippen LogP) is 3.37. The molecule has 17 heavy (non-hydrogen) atoms. The van der Waals surface area contributed by atoms with Crippen molar-refractivity contribution in [1.29, 1.82) is 0 Å². The van der Waals surface area contributed by atoms with Crippen LogP contribution < -0.4 is 5.32 Å². The number of benzene rings is 1. The van der Waals surface area contributed by atoms with Crippen LogP contribution >= 0.6 is 22.6 Å². The minimum atomic E-state index is 0.405. The third-order valence-corrected chi connectivity index (χ3v) is 4.27. The Morgan fingerprint density at radius 3 is 2.59 bits per heavy atom. The van der Waals surface area contributed by atoms with Crippen molar-refractivity contribution in [3.8, 4) is 0 Å². The van der Waals surface area contributed by atoms with Gasteiger partial charge in [0.15, 0.2) is 0 Å². The van der Waals surface area contributed by atoms with Crippen molar-refractivity contribution in [1.82, 2.24) is 5.32 Å². The van der Waals surface area contributed by atoms with E-state index in [0.29, 0.717) is 18.0 Å². The number of hydrogen-bond donors (Lipinski definition) is 1. The average Bonchev–Trinajstić information content (AvgIpc) is 2.83. The van der Waals surface area contributed by atoms with Crippen LogP contribution in [0.4, 0.5) is 0 Å². The van der Waals surface area contributed by atoms with Crippen LogP contribution in [0.25, 0.3) is 0 Å². The van der Waals surface area contributed by atoms with Gasteiger partial charge in [-0.3, -0.25) is 0 Å². The van der Waals surface area contributed by atoms with Gasteiger partial charge >= 0.3 is 0 Å². The number of rotatable bonds is 4. The standard InChI is InChI=1S/C14H20INO/c1-10(12-3-5-14(15)6-4-12)16-11(2)13-7-8-17-9-13/h3-6,10-11,13,16H,7-9H2,1-2H3. The summed E-state index contributed by atoms with van der Waals surface area (Å²) in [5, 5.41) is 3.68. The molecule has 2 rings (SSSR count). The van der Waals surface area contributed by atoms with Gasteiger partial charge in [0.2, 0.25) is 0 Å². The van der Waals surface area contributed by atoms with Crippen molar-refractivity contribution in [2.24, 2.45) is 5.92 Å². The average molecular weight is 345 g/mol. The topological polar surface area (TPSA) is 21.3 Å². The molecule has 0 amide bonds. The monoisotopic (exact) mass is 345 g/mol. The molecule has 2 nitrogen and oxygen atoms in total. The molecule has 1 fully saturated rings. The van der Waals surface area contributed by atoms with Gasteiger partial charge in [-0.1, -0.05) is 12.1 Å². The van der Waals surface area contributed by atoms with E-state index in [2.05, 4.69) is 66.0 Å². The quantitative estimate of drug-likeness (QED) is 0.845. The van der Waals surface area contributed by atoms with Gasteiger partial charge in [-0.05, 0) is 66.5 Å². The minimum Gasteiger partial charge on any atom is -0.381 e.